The van der Waals surface area contributed by atoms with Crippen molar-refractivity contribution in [3.8, 4) is 11.5 Å². The summed E-state index contributed by atoms with van der Waals surface area (Å²) in [6.45, 7) is 1.88. The number of ether oxygens (including phenoxy) is 1. The maximum atomic E-state index is 11.8. The van der Waals surface area contributed by atoms with Crippen molar-refractivity contribution in [1.29, 1.82) is 0 Å². The van der Waals surface area contributed by atoms with Crippen molar-refractivity contribution in [2.75, 3.05) is 6.61 Å². The van der Waals surface area contributed by atoms with Gasteiger partial charge in [-0.3, -0.25) is 0 Å². The van der Waals surface area contributed by atoms with E-state index in [4.69, 9.17) is 0 Å². The van der Waals surface area contributed by atoms with Crippen LogP contribution in [0.4, 0.5) is 13.2 Å². The van der Waals surface area contributed by atoms with E-state index >= 15 is 0 Å². The van der Waals surface area contributed by atoms with Crippen LogP contribution in [0.3, 0.4) is 0 Å². The molecule has 0 aliphatic carbocycles. The molecule has 84 valence electrons. The Bertz CT molecular complexity index is 335. The number of aromatic hydroxyl groups is 1. The lowest BCUT2D eigenvalue weighted by Gasteiger charge is -2.11. The number of phenolic OH excluding ortho intramolecular Hbond substituents is 1. The van der Waals surface area contributed by atoms with Gasteiger partial charge in [0, 0.05) is 0 Å². The third-order valence-corrected chi connectivity index (χ3v) is 1.87. The number of hydrogen-bond donors (Lipinski definition) is 1. The summed E-state index contributed by atoms with van der Waals surface area (Å²) in [7, 11) is 0. The summed E-state index contributed by atoms with van der Waals surface area (Å²) in [6.07, 6.45) is -4.35. The van der Waals surface area contributed by atoms with Crippen LogP contribution in [-0.2, 0) is 0 Å². The normalized spacial score (nSPS) is 11.5. The highest BCUT2D eigenvalue weighted by atomic mass is 19.4. The van der Waals surface area contributed by atoms with Gasteiger partial charge in [0.25, 0.3) is 0 Å². The van der Waals surface area contributed by atoms with Crippen molar-refractivity contribution in [3.63, 3.8) is 0 Å². The van der Waals surface area contributed by atoms with Gasteiger partial charge in [-0.15, -0.1) is 0 Å². The van der Waals surface area contributed by atoms with Crippen LogP contribution in [0.1, 0.15) is 11.1 Å². The molecule has 0 aliphatic rings. The molecule has 0 aromatic heterocycles. The van der Waals surface area contributed by atoms with E-state index in [1.165, 1.54) is 12.1 Å². The van der Waals surface area contributed by atoms with Gasteiger partial charge in [-0.25, -0.2) is 0 Å². The summed E-state index contributed by atoms with van der Waals surface area (Å²) >= 11 is 0. The molecule has 0 heterocycles. The Morgan fingerprint density at radius 3 is 2.07 bits per heavy atom. The molecule has 1 aromatic rings. The van der Waals surface area contributed by atoms with Crippen molar-refractivity contribution < 1.29 is 23.0 Å². The highest BCUT2D eigenvalue weighted by molar-refractivity contribution is 5.44. The molecule has 0 unspecified atom stereocenters. The number of hydrogen-bond acceptors (Lipinski definition) is 2. The number of aryl methyl sites for hydroxylation is 2. The molecule has 0 radical (unpaired) electrons. The van der Waals surface area contributed by atoms with E-state index < -0.39 is 12.8 Å². The van der Waals surface area contributed by atoms with Crippen LogP contribution in [0, 0.1) is 13.8 Å². The Kier molecular flexibility index (Phi) is 3.12. The number of halogens is 3. The maximum Gasteiger partial charge on any atom is 0.422 e. The zero-order valence-electron chi connectivity index (χ0n) is 8.35. The highest BCUT2D eigenvalue weighted by Gasteiger charge is 2.28. The summed E-state index contributed by atoms with van der Waals surface area (Å²) in [6, 6.07) is 2.74. The molecule has 1 aromatic carbocycles. The van der Waals surface area contributed by atoms with Gasteiger partial charge in [0.15, 0.2) is 6.61 Å². The van der Waals surface area contributed by atoms with Gasteiger partial charge in [-0.05, 0) is 37.1 Å². The maximum absolute atomic E-state index is 11.8. The van der Waals surface area contributed by atoms with E-state index in [0.29, 0.717) is 11.1 Å². The fourth-order valence-corrected chi connectivity index (χ4v) is 1.16. The molecule has 1 N–H and O–H groups in total. The van der Waals surface area contributed by atoms with Gasteiger partial charge in [0.2, 0.25) is 0 Å². The molecular formula is C10H11F3O2. The third-order valence-electron chi connectivity index (χ3n) is 1.87. The van der Waals surface area contributed by atoms with E-state index in [9.17, 15) is 18.3 Å². The molecule has 0 atom stereocenters. The fraction of sp³-hybridized carbons (Fsp3) is 0.400. The summed E-state index contributed by atoms with van der Waals surface area (Å²) < 4.78 is 40.1. The number of benzene rings is 1. The van der Waals surface area contributed by atoms with Crippen molar-refractivity contribution in [2.45, 2.75) is 20.0 Å². The quantitative estimate of drug-likeness (QED) is 0.830. The first-order valence-electron chi connectivity index (χ1n) is 4.29. The Labute approximate surface area is 85.3 Å². The topological polar surface area (TPSA) is 29.5 Å². The molecule has 0 spiro atoms. The van der Waals surface area contributed by atoms with Gasteiger partial charge in [-0.1, -0.05) is 0 Å². The predicted molar refractivity (Wildman–Crippen MR) is 49.1 cm³/mol. The number of rotatable bonds is 2. The minimum absolute atomic E-state index is 0.0781. The number of alkyl halides is 3. The smallest absolute Gasteiger partial charge is 0.422 e. The van der Waals surface area contributed by atoms with E-state index in [-0.39, 0.29) is 11.5 Å². The highest BCUT2D eigenvalue weighted by Crippen LogP contribution is 2.28. The first-order valence-corrected chi connectivity index (χ1v) is 4.29. The van der Waals surface area contributed by atoms with Crippen molar-refractivity contribution >= 4 is 0 Å². The average molecular weight is 220 g/mol. The van der Waals surface area contributed by atoms with Crippen LogP contribution in [-0.4, -0.2) is 17.9 Å². The van der Waals surface area contributed by atoms with Gasteiger partial charge in [-0.2, -0.15) is 13.2 Å². The Hall–Kier alpha value is -1.39. The first-order chi connectivity index (χ1) is 6.79. The number of phenols is 1. The molecule has 5 heteroatoms. The van der Waals surface area contributed by atoms with Crippen LogP contribution < -0.4 is 4.74 Å². The minimum Gasteiger partial charge on any atom is -0.507 e. The molecule has 0 aliphatic heterocycles. The zero-order valence-corrected chi connectivity index (χ0v) is 8.35. The van der Waals surface area contributed by atoms with E-state index in [2.05, 4.69) is 4.74 Å². The molecule has 15 heavy (non-hydrogen) atoms. The lowest BCUT2D eigenvalue weighted by Crippen LogP contribution is -2.19. The van der Waals surface area contributed by atoms with Crippen molar-refractivity contribution in [1.82, 2.24) is 0 Å². The molecule has 2 nitrogen and oxygen atoms in total. The van der Waals surface area contributed by atoms with Gasteiger partial charge in [0.1, 0.15) is 11.5 Å². The van der Waals surface area contributed by atoms with E-state index in [0.717, 1.165) is 0 Å². The summed E-state index contributed by atoms with van der Waals surface area (Å²) in [5.74, 6) is 0.189. The standard InChI is InChI=1S/C10H11F3O2/c1-6-3-8(4-7(2)9(6)14)15-5-10(11,12)13/h3-4,14H,5H2,1-2H3. The third kappa shape index (κ3) is 3.34. The second-order valence-electron chi connectivity index (χ2n) is 3.31. The van der Waals surface area contributed by atoms with Crippen molar-refractivity contribution in [2.24, 2.45) is 0 Å². The average Bonchev–Trinajstić information content (AvgIpc) is 2.09. The molecule has 1 rings (SSSR count). The molecule has 0 bridgehead atoms. The second kappa shape index (κ2) is 4.00. The molecule has 0 saturated heterocycles. The van der Waals surface area contributed by atoms with Crippen LogP contribution >= 0.6 is 0 Å². The fourth-order valence-electron chi connectivity index (χ4n) is 1.16. The van der Waals surface area contributed by atoms with Crippen LogP contribution in [0.25, 0.3) is 0 Å². The summed E-state index contributed by atoms with van der Waals surface area (Å²) in [4.78, 5) is 0. The Morgan fingerprint density at radius 1 is 1.20 bits per heavy atom. The second-order valence-corrected chi connectivity index (χ2v) is 3.31. The molecule has 0 amide bonds. The van der Waals surface area contributed by atoms with Crippen molar-refractivity contribution in [3.05, 3.63) is 23.3 Å². The SMILES string of the molecule is Cc1cc(OCC(F)(F)F)cc(C)c1O. The van der Waals surface area contributed by atoms with Gasteiger partial charge >= 0.3 is 6.18 Å². The van der Waals surface area contributed by atoms with Gasteiger partial charge < -0.3 is 9.84 Å². The largest absolute Gasteiger partial charge is 0.507 e. The molecule has 0 fully saturated rings. The van der Waals surface area contributed by atoms with Gasteiger partial charge in [0.05, 0.1) is 0 Å². The van der Waals surface area contributed by atoms with Crippen LogP contribution in [0.2, 0.25) is 0 Å². The Morgan fingerprint density at radius 2 is 1.67 bits per heavy atom. The van der Waals surface area contributed by atoms with Crippen LogP contribution in [0.5, 0.6) is 11.5 Å². The zero-order chi connectivity index (χ0) is 11.6. The summed E-state index contributed by atoms with van der Waals surface area (Å²) in [5, 5.41) is 9.38. The lowest BCUT2D eigenvalue weighted by atomic mass is 10.1. The summed E-state index contributed by atoms with van der Waals surface area (Å²) in [5.41, 5.74) is 0.986. The Balaban J connectivity index is 2.80. The van der Waals surface area contributed by atoms with E-state index in [1.54, 1.807) is 13.8 Å². The molecule has 0 saturated carbocycles. The minimum atomic E-state index is -4.35. The monoisotopic (exact) mass is 220 g/mol. The first kappa shape index (κ1) is 11.7. The lowest BCUT2D eigenvalue weighted by molar-refractivity contribution is -0.153. The predicted octanol–water partition coefficient (Wildman–Crippen LogP) is 2.95. The molecular weight excluding hydrogens is 209 g/mol. The van der Waals surface area contributed by atoms with E-state index in [1.807, 2.05) is 0 Å². The van der Waals surface area contributed by atoms with Crippen LogP contribution in [0.15, 0.2) is 12.1 Å².